The Morgan fingerprint density at radius 1 is 1.14 bits per heavy atom. The van der Waals surface area contributed by atoms with E-state index < -0.39 is 0 Å². The van der Waals surface area contributed by atoms with Crippen molar-refractivity contribution < 1.29 is 14.3 Å². The maximum Gasteiger partial charge on any atom is 0.255 e. The molecule has 3 aromatic rings. The van der Waals surface area contributed by atoms with Gasteiger partial charge in [0.25, 0.3) is 5.91 Å². The van der Waals surface area contributed by atoms with E-state index in [-0.39, 0.29) is 11.7 Å². The number of hydrogen-bond donors (Lipinski definition) is 3. The number of amides is 1. The van der Waals surface area contributed by atoms with Crippen molar-refractivity contribution in [3.8, 4) is 10.8 Å². The van der Waals surface area contributed by atoms with Crippen molar-refractivity contribution in [1.82, 2.24) is 10.3 Å². The second kappa shape index (κ2) is 10.4. The second-order valence-electron chi connectivity index (χ2n) is 6.07. The van der Waals surface area contributed by atoms with Crippen LogP contribution in [0.3, 0.4) is 0 Å². The van der Waals surface area contributed by atoms with Crippen molar-refractivity contribution in [2.24, 2.45) is 0 Å². The van der Waals surface area contributed by atoms with Gasteiger partial charge < -0.3 is 25.8 Å². The van der Waals surface area contributed by atoms with E-state index in [0.29, 0.717) is 37.7 Å². The molecule has 0 atom stereocenters. The lowest BCUT2D eigenvalue weighted by Gasteiger charge is -2.09. The number of thiophene rings is 1. The molecule has 0 saturated carbocycles. The average molecular weight is 413 g/mol. The van der Waals surface area contributed by atoms with Crippen LogP contribution >= 0.6 is 11.3 Å². The summed E-state index contributed by atoms with van der Waals surface area (Å²) in [4.78, 5) is 17.7. The van der Waals surface area contributed by atoms with Crippen molar-refractivity contribution in [1.29, 1.82) is 0 Å². The van der Waals surface area contributed by atoms with Crippen molar-refractivity contribution in [3.05, 3.63) is 65.0 Å². The third-order valence-corrected chi connectivity index (χ3v) is 4.91. The van der Waals surface area contributed by atoms with Gasteiger partial charge in [0, 0.05) is 18.0 Å². The van der Waals surface area contributed by atoms with E-state index in [1.807, 2.05) is 49.4 Å². The van der Waals surface area contributed by atoms with Crippen LogP contribution in [0, 0.1) is 0 Å². The van der Waals surface area contributed by atoms with Crippen LogP contribution in [0.4, 0.5) is 11.6 Å². The van der Waals surface area contributed by atoms with Crippen LogP contribution in [0.2, 0.25) is 0 Å². The van der Waals surface area contributed by atoms with E-state index in [0.717, 1.165) is 15.7 Å². The monoisotopic (exact) mass is 412 g/mol. The van der Waals surface area contributed by atoms with Gasteiger partial charge >= 0.3 is 0 Å². The second-order valence-corrected chi connectivity index (χ2v) is 7.20. The Kier molecular flexibility index (Phi) is 7.43. The Morgan fingerprint density at radius 3 is 2.72 bits per heavy atom. The quantitative estimate of drug-likeness (QED) is 0.437. The molecule has 2 aromatic heterocycles. The number of rotatable bonds is 10. The fraction of sp³-hybridized carbons (Fsp3) is 0.238. The first-order valence-electron chi connectivity index (χ1n) is 9.33. The molecule has 1 amide bonds. The minimum atomic E-state index is -0.269. The summed E-state index contributed by atoms with van der Waals surface area (Å²) in [5.41, 5.74) is 6.30. The number of anilines is 2. The van der Waals surface area contributed by atoms with Gasteiger partial charge in [-0.3, -0.25) is 4.79 Å². The standard InChI is InChI=1S/C21H24N4O3S/c1-2-27-13-12-23-18-10-9-17(20(22)25-18)21(26)24-14-16-8-11-19(29-16)28-15-6-4-3-5-7-15/h3-11H,2,12-14H2,1H3,(H,24,26)(H3,22,23,25). The maximum atomic E-state index is 12.4. The van der Waals surface area contributed by atoms with E-state index in [1.165, 1.54) is 11.3 Å². The fourth-order valence-electron chi connectivity index (χ4n) is 2.54. The molecule has 0 radical (unpaired) electrons. The summed E-state index contributed by atoms with van der Waals surface area (Å²) in [5, 5.41) is 6.74. The van der Waals surface area contributed by atoms with Gasteiger partial charge in [-0.25, -0.2) is 4.98 Å². The highest BCUT2D eigenvalue weighted by Crippen LogP contribution is 2.29. The fourth-order valence-corrected chi connectivity index (χ4v) is 3.35. The van der Waals surface area contributed by atoms with E-state index in [2.05, 4.69) is 15.6 Å². The molecule has 3 rings (SSSR count). The van der Waals surface area contributed by atoms with E-state index in [1.54, 1.807) is 12.1 Å². The number of nitrogens with two attached hydrogens (primary N) is 1. The lowest BCUT2D eigenvalue weighted by molar-refractivity contribution is 0.0952. The third-order valence-electron chi connectivity index (χ3n) is 3.95. The Morgan fingerprint density at radius 2 is 1.97 bits per heavy atom. The number of ether oxygens (including phenoxy) is 2. The van der Waals surface area contributed by atoms with Crippen molar-refractivity contribution >= 4 is 28.9 Å². The molecule has 0 aliphatic rings. The highest BCUT2D eigenvalue weighted by molar-refractivity contribution is 7.13. The molecule has 152 valence electrons. The summed E-state index contributed by atoms with van der Waals surface area (Å²) in [5.74, 6) is 1.30. The van der Waals surface area contributed by atoms with Crippen LogP contribution in [0.5, 0.6) is 10.8 Å². The Bertz CT molecular complexity index is 931. The van der Waals surface area contributed by atoms with Crippen LogP contribution in [0.1, 0.15) is 22.2 Å². The van der Waals surface area contributed by atoms with Gasteiger partial charge in [-0.2, -0.15) is 0 Å². The van der Waals surface area contributed by atoms with Gasteiger partial charge in [0.1, 0.15) is 17.4 Å². The first-order valence-corrected chi connectivity index (χ1v) is 10.2. The Balaban J connectivity index is 1.51. The average Bonchev–Trinajstić information content (AvgIpc) is 3.17. The summed E-state index contributed by atoms with van der Waals surface area (Å²) >= 11 is 1.48. The minimum absolute atomic E-state index is 0.184. The molecule has 0 fully saturated rings. The van der Waals surface area contributed by atoms with Crippen LogP contribution < -0.4 is 21.1 Å². The zero-order valence-electron chi connectivity index (χ0n) is 16.2. The third kappa shape index (κ3) is 6.20. The predicted octanol–water partition coefficient (Wildman–Crippen LogP) is 3.90. The van der Waals surface area contributed by atoms with Gasteiger partial charge in [-0.05, 0) is 43.3 Å². The van der Waals surface area contributed by atoms with Crippen LogP contribution in [-0.2, 0) is 11.3 Å². The molecule has 0 aliphatic heterocycles. The molecule has 0 unspecified atom stereocenters. The summed E-state index contributed by atoms with van der Waals surface area (Å²) in [6, 6.07) is 16.8. The summed E-state index contributed by atoms with van der Waals surface area (Å²) in [6.45, 7) is 4.20. The number of carbonyl (C=O) groups is 1. The number of pyridine rings is 1. The van der Waals surface area contributed by atoms with Crippen molar-refractivity contribution in [2.75, 3.05) is 30.8 Å². The number of nitrogens with one attached hydrogen (secondary N) is 2. The number of aromatic nitrogens is 1. The number of nitrogens with zero attached hydrogens (tertiary/aromatic N) is 1. The topological polar surface area (TPSA) is 98.5 Å². The first kappa shape index (κ1) is 20.6. The number of benzene rings is 1. The van der Waals surface area contributed by atoms with Crippen LogP contribution in [-0.4, -0.2) is 30.6 Å². The van der Waals surface area contributed by atoms with E-state index in [9.17, 15) is 4.79 Å². The zero-order valence-corrected chi connectivity index (χ0v) is 17.0. The molecule has 0 bridgehead atoms. The molecule has 2 heterocycles. The molecule has 4 N–H and O–H groups in total. The molecule has 7 nitrogen and oxygen atoms in total. The van der Waals surface area contributed by atoms with Gasteiger partial charge in [0.2, 0.25) is 0 Å². The van der Waals surface area contributed by atoms with Crippen molar-refractivity contribution in [3.63, 3.8) is 0 Å². The highest BCUT2D eigenvalue weighted by atomic mass is 32.1. The summed E-state index contributed by atoms with van der Waals surface area (Å²) in [7, 11) is 0. The molecular weight excluding hydrogens is 388 g/mol. The lowest BCUT2D eigenvalue weighted by atomic mass is 10.2. The molecular formula is C21H24N4O3S. The number of hydrogen-bond acceptors (Lipinski definition) is 7. The first-order chi connectivity index (χ1) is 14.2. The van der Waals surface area contributed by atoms with Crippen LogP contribution in [0.25, 0.3) is 0 Å². The highest BCUT2D eigenvalue weighted by Gasteiger charge is 2.12. The Hall–Kier alpha value is -3.10. The smallest absolute Gasteiger partial charge is 0.255 e. The maximum absolute atomic E-state index is 12.4. The molecule has 0 aliphatic carbocycles. The van der Waals surface area contributed by atoms with Gasteiger partial charge in [-0.15, -0.1) is 11.3 Å². The van der Waals surface area contributed by atoms with Crippen molar-refractivity contribution in [2.45, 2.75) is 13.5 Å². The molecule has 0 saturated heterocycles. The van der Waals surface area contributed by atoms with Gasteiger partial charge in [0.15, 0.2) is 5.06 Å². The molecule has 0 spiro atoms. The van der Waals surface area contributed by atoms with Crippen LogP contribution in [0.15, 0.2) is 54.6 Å². The largest absolute Gasteiger partial charge is 0.447 e. The molecule has 29 heavy (non-hydrogen) atoms. The molecule has 1 aromatic carbocycles. The normalized spacial score (nSPS) is 10.5. The summed E-state index contributed by atoms with van der Waals surface area (Å²) in [6.07, 6.45) is 0. The number of para-hydroxylation sites is 1. The SMILES string of the molecule is CCOCCNc1ccc(C(=O)NCc2ccc(Oc3ccccc3)s2)c(N)n1. The summed E-state index contributed by atoms with van der Waals surface area (Å²) < 4.78 is 11.1. The minimum Gasteiger partial charge on any atom is -0.447 e. The number of carbonyl (C=O) groups excluding carboxylic acids is 1. The van der Waals surface area contributed by atoms with Gasteiger partial charge in [-0.1, -0.05) is 18.2 Å². The number of nitrogen functional groups attached to an aromatic ring is 1. The predicted molar refractivity (Wildman–Crippen MR) is 116 cm³/mol. The Labute approximate surface area is 173 Å². The van der Waals surface area contributed by atoms with Gasteiger partial charge in [0.05, 0.1) is 18.7 Å². The lowest BCUT2D eigenvalue weighted by Crippen LogP contribution is -2.24. The molecule has 8 heteroatoms. The zero-order chi connectivity index (χ0) is 20.5. The van der Waals surface area contributed by atoms with E-state index >= 15 is 0 Å². The van der Waals surface area contributed by atoms with E-state index in [4.69, 9.17) is 15.2 Å².